The second-order valence-electron chi connectivity index (χ2n) is 21.3. The van der Waals surface area contributed by atoms with E-state index in [1.165, 1.54) is 11.3 Å². The third kappa shape index (κ3) is 11.6. The topological polar surface area (TPSA) is 178 Å². The summed E-state index contributed by atoms with van der Waals surface area (Å²) in [5.41, 5.74) is 7.01. The van der Waals surface area contributed by atoms with Gasteiger partial charge in [-0.2, -0.15) is 9.97 Å². The van der Waals surface area contributed by atoms with E-state index in [4.69, 9.17) is 19.2 Å². The minimum atomic E-state index is -0.540. The van der Waals surface area contributed by atoms with Crippen LogP contribution >= 0.6 is 11.3 Å². The van der Waals surface area contributed by atoms with Gasteiger partial charge in [-0.1, -0.05) is 81.7 Å². The number of likely N-dealkylation sites (tertiary alicyclic amines) is 2. The Labute approximate surface area is 454 Å². The van der Waals surface area contributed by atoms with E-state index in [1.807, 2.05) is 49.7 Å². The number of hydrogen-bond acceptors (Lipinski definition) is 15. The van der Waals surface area contributed by atoms with Gasteiger partial charge >= 0.3 is 6.01 Å². The van der Waals surface area contributed by atoms with E-state index in [1.54, 1.807) is 34.6 Å². The molecule has 12 rings (SSSR count). The monoisotopic (exact) mass is 1070 g/mol. The lowest BCUT2D eigenvalue weighted by Crippen LogP contribution is -2.51. The lowest BCUT2D eigenvalue weighted by atomic mass is 9.95. The molecule has 5 saturated heterocycles. The summed E-state index contributed by atoms with van der Waals surface area (Å²) >= 11 is 1.63. The van der Waals surface area contributed by atoms with E-state index in [9.17, 15) is 14.7 Å². The Morgan fingerprint density at radius 3 is 2.38 bits per heavy atom. The fourth-order valence-corrected chi connectivity index (χ4v) is 12.7. The molecule has 77 heavy (non-hydrogen) atoms. The highest BCUT2D eigenvalue weighted by atomic mass is 32.1. The number of fused-ring (bicyclic) bond motifs is 5. The molecule has 0 aliphatic carbocycles. The van der Waals surface area contributed by atoms with Crippen LogP contribution in [-0.2, 0) is 22.4 Å². The first kappa shape index (κ1) is 53.6. The van der Waals surface area contributed by atoms with Crippen molar-refractivity contribution in [2.24, 2.45) is 11.8 Å². The Kier molecular flexibility index (Phi) is 16.6. The van der Waals surface area contributed by atoms with Gasteiger partial charge in [-0.25, -0.2) is 9.37 Å². The number of amides is 2. The minimum absolute atomic E-state index is 0.0632. The second-order valence-corrected chi connectivity index (χ2v) is 22.1. The zero-order chi connectivity index (χ0) is 53.7. The molecular formula is C59H72FN11O5S. The highest BCUT2D eigenvalue weighted by Gasteiger charge is 2.41. The normalized spacial score (nSPS) is 21.2. The molecule has 0 radical (unpaired) electrons. The van der Waals surface area contributed by atoms with Crippen LogP contribution in [0.25, 0.3) is 43.4 Å². The number of anilines is 2. The average molecular weight is 1070 g/mol. The van der Waals surface area contributed by atoms with Gasteiger partial charge in [0.25, 0.3) is 0 Å². The number of rotatable bonds is 14. The number of pyridine rings is 1. The number of thiazole rings is 1. The van der Waals surface area contributed by atoms with Gasteiger partial charge in [0, 0.05) is 88.7 Å². The molecule has 7 aromatic rings. The molecule has 2 amide bonds. The van der Waals surface area contributed by atoms with Gasteiger partial charge in [0.2, 0.25) is 12.3 Å². The Morgan fingerprint density at radius 1 is 0.948 bits per heavy atom. The molecule has 5 aliphatic rings. The van der Waals surface area contributed by atoms with Gasteiger partial charge in [0.1, 0.15) is 41.2 Å². The molecule has 406 valence electrons. The summed E-state index contributed by atoms with van der Waals surface area (Å²) in [6.07, 6.45) is 9.17. The summed E-state index contributed by atoms with van der Waals surface area (Å²) in [6.45, 7) is 19.7. The van der Waals surface area contributed by atoms with Crippen LogP contribution in [-0.4, -0.2) is 129 Å². The zero-order valence-corrected chi connectivity index (χ0v) is 46.0. The SMILES string of the molecule is CCC.CCc1cc(N2CC3CN(CCOc4nc(N5CC6CCC(C5)N6)c5cnc(-c6cc(O)cc7cccc(CC)c67)c(F)c5n4)CC3C2)no1.Cc1ncsc1-c1ccc(C(C)NC(=O)C2CCCN2C=O)cc1. The number of nitrogens with one attached hydrogen (secondary N) is 2. The van der Waals surface area contributed by atoms with Gasteiger partial charge in [-0.05, 0) is 97.4 Å². The average Bonchev–Trinajstić information content (AvgIpc) is 4.45. The van der Waals surface area contributed by atoms with Gasteiger partial charge < -0.3 is 39.7 Å². The highest BCUT2D eigenvalue weighted by Crippen LogP contribution is 2.40. The van der Waals surface area contributed by atoms with Crippen molar-refractivity contribution < 1.29 is 28.3 Å². The van der Waals surface area contributed by atoms with Crippen molar-refractivity contribution in [1.82, 2.24) is 45.5 Å². The van der Waals surface area contributed by atoms with Crippen LogP contribution in [0.1, 0.15) is 95.3 Å². The number of phenols is 1. The second kappa shape index (κ2) is 23.9. The first-order valence-electron chi connectivity index (χ1n) is 27.6. The molecule has 6 unspecified atom stereocenters. The van der Waals surface area contributed by atoms with E-state index in [0.717, 1.165) is 135 Å². The Bertz CT molecular complexity index is 3160. The standard InChI is InChI=1S/C38H43FN8O3.C18H21N3O2S.C3H8/c1-3-22-6-5-7-23-12-28(48)13-30(33(22)23)35-34(39)36-31(15-40-35)37(47-20-26-8-9-27(21-47)41-26)43-38(42-36)49-11-10-45-16-24-18-46(19-25(24)17-45)32-14-29(4-2)50-44-32;1-12(20-18(23)16-4-3-9-21(16)11-22)14-5-7-15(8-6-14)17-13(2)19-10-24-17;1-3-2/h5-7,12-15,24-27,41,48H,3-4,8-11,16-21H2,1-2H3;5-8,10-12,16H,3-4,9H2,1-2H3,(H,20,23);3H2,1-2H3. The Morgan fingerprint density at radius 2 is 1.70 bits per heavy atom. The first-order chi connectivity index (χ1) is 37.4. The third-order valence-corrected chi connectivity index (χ3v) is 16.8. The van der Waals surface area contributed by atoms with Crippen LogP contribution in [0.2, 0.25) is 0 Å². The van der Waals surface area contributed by atoms with Crippen LogP contribution in [0, 0.1) is 24.6 Å². The maximum Gasteiger partial charge on any atom is 0.319 e. The van der Waals surface area contributed by atoms with E-state index < -0.39 is 5.82 Å². The predicted molar refractivity (Wildman–Crippen MR) is 301 cm³/mol. The molecule has 5 fully saturated rings. The Hall–Kier alpha value is -6.76. The van der Waals surface area contributed by atoms with E-state index in [0.29, 0.717) is 53.8 Å². The maximum atomic E-state index is 16.9. The molecule has 3 N–H and O–H groups in total. The van der Waals surface area contributed by atoms with Crippen molar-refractivity contribution >= 4 is 57.0 Å². The van der Waals surface area contributed by atoms with Crippen molar-refractivity contribution in [3.05, 3.63) is 101 Å². The van der Waals surface area contributed by atoms with Crippen LogP contribution in [0.4, 0.5) is 16.0 Å². The quantitative estimate of drug-likeness (QED) is 0.0877. The number of nitrogens with zero attached hydrogens (tertiary/aromatic N) is 9. The van der Waals surface area contributed by atoms with Crippen molar-refractivity contribution in [3.8, 4) is 33.5 Å². The van der Waals surface area contributed by atoms with Crippen LogP contribution < -0.4 is 25.2 Å². The number of carbonyl (C=O) groups is 2. The predicted octanol–water partition coefficient (Wildman–Crippen LogP) is 9.52. The fourth-order valence-electron chi connectivity index (χ4n) is 11.9. The smallest absolute Gasteiger partial charge is 0.319 e. The summed E-state index contributed by atoms with van der Waals surface area (Å²) in [5, 5.41) is 23.9. The number of aromatic hydroxyl groups is 1. The number of aromatic nitrogens is 5. The van der Waals surface area contributed by atoms with E-state index >= 15 is 4.39 Å². The molecule has 2 bridgehead atoms. The molecule has 9 heterocycles. The first-order valence-corrected chi connectivity index (χ1v) is 28.5. The molecule has 5 aliphatic heterocycles. The number of piperazine rings is 1. The maximum absolute atomic E-state index is 16.9. The highest BCUT2D eigenvalue weighted by molar-refractivity contribution is 7.13. The van der Waals surface area contributed by atoms with Crippen molar-refractivity contribution in [3.63, 3.8) is 0 Å². The number of carbonyl (C=O) groups excluding carboxylic acids is 2. The molecule has 4 aromatic heterocycles. The van der Waals surface area contributed by atoms with Crippen molar-refractivity contribution in [2.75, 3.05) is 68.8 Å². The summed E-state index contributed by atoms with van der Waals surface area (Å²) < 4.78 is 28.6. The Balaban J connectivity index is 0.000000208. The lowest BCUT2D eigenvalue weighted by molar-refractivity contribution is -0.131. The molecule has 0 spiro atoms. The fraction of sp³-hybridized carbons (Fsp3) is 0.475. The van der Waals surface area contributed by atoms with E-state index in [2.05, 4.69) is 86.4 Å². The van der Waals surface area contributed by atoms with Crippen molar-refractivity contribution in [1.29, 1.82) is 0 Å². The largest absolute Gasteiger partial charge is 0.508 e. The molecular weight excluding hydrogens is 994 g/mol. The number of phenolic OH excluding ortho intramolecular Hbond substituents is 1. The molecule has 6 atom stereocenters. The zero-order valence-electron chi connectivity index (χ0n) is 45.2. The number of halogens is 1. The van der Waals surface area contributed by atoms with Gasteiger partial charge in [-0.3, -0.25) is 19.5 Å². The number of hydrogen-bond donors (Lipinski definition) is 3. The minimum Gasteiger partial charge on any atom is -0.508 e. The van der Waals surface area contributed by atoms with Gasteiger partial charge in [-0.15, -0.1) is 11.3 Å². The summed E-state index contributed by atoms with van der Waals surface area (Å²) in [5.74, 6) is 3.12. The summed E-state index contributed by atoms with van der Waals surface area (Å²) in [7, 11) is 0. The van der Waals surface area contributed by atoms with Gasteiger partial charge in [0.05, 0.1) is 27.5 Å². The molecule has 18 heteroatoms. The van der Waals surface area contributed by atoms with Crippen molar-refractivity contribution in [2.45, 2.75) is 111 Å². The molecule has 0 saturated carbocycles. The van der Waals surface area contributed by atoms with E-state index in [-0.39, 0.29) is 41.0 Å². The van der Waals surface area contributed by atoms with Gasteiger partial charge in [0.15, 0.2) is 11.6 Å². The number of aryl methyl sites for hydroxylation is 3. The molecule has 16 nitrogen and oxygen atoms in total. The summed E-state index contributed by atoms with van der Waals surface area (Å²) in [4.78, 5) is 51.7. The van der Waals surface area contributed by atoms with Crippen LogP contribution in [0.5, 0.6) is 11.8 Å². The lowest BCUT2D eigenvalue weighted by Gasteiger charge is -2.34. The number of benzene rings is 3. The number of ether oxygens (including phenoxy) is 1. The van der Waals surface area contributed by atoms with Crippen LogP contribution in [0.3, 0.4) is 0 Å². The molecule has 3 aromatic carbocycles. The van der Waals surface area contributed by atoms with Crippen LogP contribution in [0.15, 0.2) is 76.9 Å². The summed E-state index contributed by atoms with van der Waals surface area (Å²) in [6, 6.07) is 20.0. The third-order valence-electron chi connectivity index (χ3n) is 15.8.